The van der Waals surface area contributed by atoms with Crippen LogP contribution >= 0.6 is 23.2 Å². The predicted octanol–water partition coefficient (Wildman–Crippen LogP) is 6.28. The minimum absolute atomic E-state index is 0.0000339. The first-order valence-corrected chi connectivity index (χ1v) is 16.6. The van der Waals surface area contributed by atoms with Crippen molar-refractivity contribution in [2.24, 2.45) is 0 Å². The Balaban J connectivity index is 1.85. The Bertz CT molecular complexity index is 1710. The minimum atomic E-state index is -4.29. The third-order valence-electron chi connectivity index (χ3n) is 7.23. The molecule has 0 aliphatic rings. The van der Waals surface area contributed by atoms with Crippen molar-refractivity contribution in [1.82, 2.24) is 10.2 Å². The Morgan fingerprint density at radius 1 is 0.867 bits per heavy atom. The number of nitrogens with one attached hydrogen (secondary N) is 1. The van der Waals surface area contributed by atoms with E-state index in [0.717, 1.165) is 15.4 Å². The van der Waals surface area contributed by atoms with Crippen LogP contribution in [-0.2, 0) is 32.6 Å². The summed E-state index contributed by atoms with van der Waals surface area (Å²) in [7, 11) is -2.80. The van der Waals surface area contributed by atoms with E-state index in [-0.39, 0.29) is 35.9 Å². The van der Waals surface area contributed by atoms with Crippen LogP contribution in [0.25, 0.3) is 0 Å². The van der Waals surface area contributed by atoms with Crippen LogP contribution in [0.3, 0.4) is 0 Å². The highest BCUT2D eigenvalue weighted by Crippen LogP contribution is 2.34. The monoisotopic (exact) mass is 667 g/mol. The Kier molecular flexibility index (Phi) is 11.5. The number of hydrogen-bond donors (Lipinski definition) is 1. The maximum absolute atomic E-state index is 14.5. The normalized spacial score (nSPS) is 11.8. The summed E-state index contributed by atoms with van der Waals surface area (Å²) in [5, 5.41) is 3.27. The molecule has 4 aromatic rings. The number of ether oxygens (including phenoxy) is 1. The van der Waals surface area contributed by atoms with Gasteiger partial charge >= 0.3 is 0 Å². The van der Waals surface area contributed by atoms with Crippen molar-refractivity contribution < 1.29 is 22.7 Å². The third-order valence-corrected chi connectivity index (χ3v) is 9.71. The second-order valence-electron chi connectivity index (χ2n) is 10.3. The van der Waals surface area contributed by atoms with Gasteiger partial charge < -0.3 is 15.0 Å². The zero-order chi connectivity index (χ0) is 32.6. The van der Waals surface area contributed by atoms with Crippen LogP contribution < -0.4 is 14.4 Å². The highest BCUT2D eigenvalue weighted by molar-refractivity contribution is 7.92. The lowest BCUT2D eigenvalue weighted by Crippen LogP contribution is -2.53. The quantitative estimate of drug-likeness (QED) is 0.181. The number of rotatable bonds is 13. The van der Waals surface area contributed by atoms with Crippen LogP contribution in [0.5, 0.6) is 5.75 Å². The van der Waals surface area contributed by atoms with Gasteiger partial charge in [-0.3, -0.25) is 13.9 Å². The number of likely N-dealkylation sites (N-methyl/N-ethyl adjacent to an activating group) is 1. The van der Waals surface area contributed by atoms with E-state index in [1.807, 2.05) is 37.3 Å². The van der Waals surface area contributed by atoms with Crippen LogP contribution in [0.15, 0.2) is 102 Å². The number of amides is 2. The molecule has 8 nitrogen and oxygen atoms in total. The fourth-order valence-corrected chi connectivity index (χ4v) is 6.81. The van der Waals surface area contributed by atoms with Gasteiger partial charge in [-0.15, -0.1) is 0 Å². The molecule has 0 spiro atoms. The molecule has 4 aromatic carbocycles. The summed E-state index contributed by atoms with van der Waals surface area (Å²) in [6, 6.07) is 26.2. The first-order valence-electron chi connectivity index (χ1n) is 14.4. The van der Waals surface area contributed by atoms with Crippen molar-refractivity contribution in [2.45, 2.75) is 37.8 Å². The molecule has 0 aliphatic heterocycles. The average Bonchev–Trinajstić information content (AvgIpc) is 3.03. The van der Waals surface area contributed by atoms with Gasteiger partial charge in [0.05, 0.1) is 17.2 Å². The van der Waals surface area contributed by atoms with Crippen molar-refractivity contribution in [3.8, 4) is 5.75 Å². The molecule has 45 heavy (non-hydrogen) atoms. The van der Waals surface area contributed by atoms with Gasteiger partial charge in [0.1, 0.15) is 18.3 Å². The molecule has 1 atom stereocenters. The molecule has 236 valence electrons. The molecule has 0 fully saturated rings. The number of benzene rings is 4. The first-order chi connectivity index (χ1) is 21.6. The standard InChI is InChI=1S/C34H35Cl2N3O5S/c1-4-44-32-16-9-8-15-30(32)39(45(42,43)26-19-17-24(2)18-20-26)23-33(40)38(22-27-28(35)13-10-14-29(27)36)31(34(41)37-3)21-25-11-6-5-7-12-25/h5-20,31H,4,21-23H2,1-3H3,(H,37,41). The molecule has 0 bridgehead atoms. The summed E-state index contributed by atoms with van der Waals surface area (Å²) in [5.74, 6) is -0.785. The number of carbonyl (C=O) groups is 2. The molecule has 11 heteroatoms. The van der Waals surface area contributed by atoms with Crippen LogP contribution in [-0.4, -0.2) is 51.4 Å². The second-order valence-corrected chi connectivity index (χ2v) is 12.9. The van der Waals surface area contributed by atoms with E-state index >= 15 is 0 Å². The van der Waals surface area contributed by atoms with E-state index < -0.39 is 34.4 Å². The number of carbonyl (C=O) groups excluding carboxylic acids is 2. The topological polar surface area (TPSA) is 96.0 Å². The Labute approximate surface area is 274 Å². The van der Waals surface area contributed by atoms with Crippen molar-refractivity contribution >= 4 is 50.7 Å². The zero-order valence-corrected chi connectivity index (χ0v) is 27.6. The average molecular weight is 669 g/mol. The molecule has 4 rings (SSSR count). The molecule has 0 saturated heterocycles. The summed E-state index contributed by atoms with van der Waals surface area (Å²) >= 11 is 13.1. The molecular weight excluding hydrogens is 633 g/mol. The van der Waals surface area contributed by atoms with Crippen LogP contribution in [0.4, 0.5) is 5.69 Å². The van der Waals surface area contributed by atoms with E-state index in [2.05, 4.69) is 5.32 Å². The van der Waals surface area contributed by atoms with Gasteiger partial charge in [-0.25, -0.2) is 8.42 Å². The summed E-state index contributed by atoms with van der Waals surface area (Å²) in [6.45, 7) is 3.13. The highest BCUT2D eigenvalue weighted by Gasteiger charge is 2.35. The van der Waals surface area contributed by atoms with E-state index in [1.54, 1.807) is 61.5 Å². The maximum atomic E-state index is 14.5. The molecule has 0 radical (unpaired) electrons. The van der Waals surface area contributed by atoms with Gasteiger partial charge in [-0.1, -0.05) is 89.4 Å². The van der Waals surface area contributed by atoms with E-state index in [4.69, 9.17) is 27.9 Å². The van der Waals surface area contributed by atoms with E-state index in [1.165, 1.54) is 24.1 Å². The minimum Gasteiger partial charge on any atom is -0.492 e. The Morgan fingerprint density at radius 3 is 2.11 bits per heavy atom. The smallest absolute Gasteiger partial charge is 0.264 e. The number of nitrogens with zero attached hydrogens (tertiary/aromatic N) is 2. The van der Waals surface area contributed by atoms with Crippen LogP contribution in [0, 0.1) is 6.92 Å². The molecule has 2 amide bonds. The lowest BCUT2D eigenvalue weighted by molar-refractivity contribution is -0.139. The number of para-hydroxylation sites is 2. The van der Waals surface area contributed by atoms with Crippen LogP contribution in [0.1, 0.15) is 23.6 Å². The Hall–Kier alpha value is -4.05. The molecule has 0 saturated carbocycles. The number of sulfonamides is 1. The SMILES string of the molecule is CCOc1ccccc1N(CC(=O)N(Cc1c(Cl)cccc1Cl)C(Cc1ccccc1)C(=O)NC)S(=O)(=O)c1ccc(C)cc1. The fraction of sp³-hybridized carbons (Fsp3) is 0.235. The molecule has 0 aliphatic carbocycles. The van der Waals surface area contributed by atoms with Gasteiger partial charge in [0.25, 0.3) is 10.0 Å². The largest absolute Gasteiger partial charge is 0.492 e. The van der Waals surface area contributed by atoms with Crippen LogP contribution in [0.2, 0.25) is 10.0 Å². The lowest BCUT2D eigenvalue weighted by atomic mass is 10.0. The van der Waals surface area contributed by atoms with Gasteiger partial charge in [0.2, 0.25) is 11.8 Å². The molecule has 0 heterocycles. The van der Waals surface area contributed by atoms with Crippen molar-refractivity contribution in [2.75, 3.05) is 24.5 Å². The van der Waals surface area contributed by atoms with Gasteiger partial charge in [0, 0.05) is 35.6 Å². The molecule has 1 unspecified atom stereocenters. The summed E-state index contributed by atoms with van der Waals surface area (Å²) in [6.07, 6.45) is 0.161. The van der Waals surface area contributed by atoms with E-state index in [9.17, 15) is 18.0 Å². The van der Waals surface area contributed by atoms with Gasteiger partial charge in [-0.2, -0.15) is 0 Å². The third kappa shape index (κ3) is 8.16. The molecule has 1 N–H and O–H groups in total. The first kappa shape index (κ1) is 33.8. The second kappa shape index (κ2) is 15.3. The molecular formula is C34H35Cl2N3O5S. The summed E-state index contributed by atoms with van der Waals surface area (Å²) in [4.78, 5) is 29.3. The summed E-state index contributed by atoms with van der Waals surface area (Å²) in [5.41, 5.74) is 2.30. The van der Waals surface area contributed by atoms with Gasteiger partial charge in [0.15, 0.2) is 0 Å². The van der Waals surface area contributed by atoms with Crippen molar-refractivity contribution in [1.29, 1.82) is 0 Å². The number of anilines is 1. The highest BCUT2D eigenvalue weighted by atomic mass is 35.5. The zero-order valence-electron chi connectivity index (χ0n) is 25.2. The van der Waals surface area contributed by atoms with Crippen molar-refractivity contribution in [3.05, 3.63) is 124 Å². The fourth-order valence-electron chi connectivity index (χ4n) is 4.87. The molecule has 0 aromatic heterocycles. The number of halogens is 2. The predicted molar refractivity (Wildman–Crippen MR) is 178 cm³/mol. The number of hydrogen-bond acceptors (Lipinski definition) is 5. The number of aryl methyl sites for hydroxylation is 1. The maximum Gasteiger partial charge on any atom is 0.264 e. The Morgan fingerprint density at radius 2 is 1.49 bits per heavy atom. The lowest BCUT2D eigenvalue weighted by Gasteiger charge is -2.34. The van der Waals surface area contributed by atoms with Crippen molar-refractivity contribution in [3.63, 3.8) is 0 Å². The van der Waals surface area contributed by atoms with E-state index in [0.29, 0.717) is 15.6 Å². The van der Waals surface area contributed by atoms with Gasteiger partial charge in [-0.05, 0) is 55.8 Å². The summed E-state index contributed by atoms with van der Waals surface area (Å²) < 4.78 is 35.3.